The van der Waals surface area contributed by atoms with Gasteiger partial charge in [0, 0.05) is 6.42 Å². The number of aliphatic hydroxyl groups excluding tert-OH is 3. The third-order valence-corrected chi connectivity index (χ3v) is 9.74. The first-order valence-corrected chi connectivity index (χ1v) is 18.6. The van der Waals surface area contributed by atoms with Crippen molar-refractivity contribution in [3.05, 3.63) is 94.1 Å². The van der Waals surface area contributed by atoms with Gasteiger partial charge in [-0.05, 0) is 54.6 Å². The third-order valence-electron chi connectivity index (χ3n) is 9.74. The van der Waals surface area contributed by atoms with Crippen molar-refractivity contribution in [2.24, 2.45) is 5.92 Å². The van der Waals surface area contributed by atoms with E-state index >= 15 is 0 Å². The van der Waals surface area contributed by atoms with Gasteiger partial charge in [0.1, 0.15) is 18.5 Å². The number of aliphatic hydroxyl groups is 3. The number of esters is 5. The summed E-state index contributed by atoms with van der Waals surface area (Å²) in [7, 11) is 0. The highest BCUT2D eigenvalue weighted by Gasteiger charge is 2.55. The third kappa shape index (κ3) is 9.77. The minimum atomic E-state index is -2.55. The van der Waals surface area contributed by atoms with Gasteiger partial charge in [-0.2, -0.15) is 0 Å². The molecule has 0 aromatic heterocycles. The predicted molar refractivity (Wildman–Crippen MR) is 209 cm³/mol. The normalized spacial score (nSPS) is 20.2. The van der Waals surface area contributed by atoms with Crippen molar-refractivity contribution in [3.63, 3.8) is 0 Å². The average Bonchev–Trinajstić information content (AvgIpc) is 3.27. The van der Waals surface area contributed by atoms with Gasteiger partial charge >= 0.3 is 29.8 Å². The molecule has 354 valence electrons. The first kappa shape index (κ1) is 47.2. The number of benzene rings is 4. The number of carbonyl (C=O) groups excluding carboxylic acids is 5. The maximum atomic E-state index is 13.9. The Morgan fingerprint density at radius 2 is 0.821 bits per heavy atom. The van der Waals surface area contributed by atoms with Crippen molar-refractivity contribution in [2.45, 2.75) is 37.1 Å². The molecule has 4 aromatic rings. The lowest BCUT2D eigenvalue weighted by Crippen LogP contribution is -2.63. The molecule has 0 spiro atoms. The molecule has 15 N–H and O–H groups in total. The number of hydrogen-bond acceptors (Lipinski definition) is 26. The molecule has 26 heteroatoms. The largest absolute Gasteiger partial charge is 0.508 e. The minimum absolute atomic E-state index is 0.543. The van der Waals surface area contributed by atoms with E-state index in [1.165, 1.54) is 0 Å². The van der Waals surface area contributed by atoms with Crippen molar-refractivity contribution in [1.29, 1.82) is 0 Å². The van der Waals surface area contributed by atoms with Crippen LogP contribution in [0.2, 0.25) is 0 Å². The quantitative estimate of drug-likeness (QED) is 0.0581. The predicted octanol–water partition coefficient (Wildman–Crippen LogP) is 2.04. The van der Waals surface area contributed by atoms with Crippen LogP contribution in [0.4, 0.5) is 0 Å². The monoisotopic (exact) mass is 942 g/mol. The van der Waals surface area contributed by atoms with Gasteiger partial charge < -0.3 is 105 Å². The second-order valence-electron chi connectivity index (χ2n) is 14.3. The number of hydrogen-bond donors (Lipinski definition) is 15. The van der Waals surface area contributed by atoms with Crippen LogP contribution in [0.25, 0.3) is 0 Å². The molecule has 1 saturated heterocycles. The van der Waals surface area contributed by atoms with E-state index in [1.54, 1.807) is 0 Å². The summed E-state index contributed by atoms with van der Waals surface area (Å²) in [5.41, 5.74) is -3.05. The fourth-order valence-electron chi connectivity index (χ4n) is 6.35. The SMILES string of the molecule is O=C(OCC1OC(OC(=O)c2cc(O)c(O)c(O)c2)C(OC(=O)c2cc(O)c(O)c(O)c2)C(OC(=O)c2cc(O)c(O)c(O)c2)C1OC(=O)C1C=C(O)C(O)=C(O)C1)c1cc(O)c(O)c(O)c1. The molecule has 2 aliphatic rings. The lowest BCUT2D eigenvalue weighted by atomic mass is 9.95. The van der Waals surface area contributed by atoms with Crippen molar-refractivity contribution in [3.8, 4) is 69.0 Å². The zero-order valence-electron chi connectivity index (χ0n) is 33.3. The molecule has 67 heavy (non-hydrogen) atoms. The molecule has 0 bridgehead atoms. The molecule has 0 amide bonds. The van der Waals surface area contributed by atoms with E-state index in [2.05, 4.69) is 0 Å². The Morgan fingerprint density at radius 3 is 1.21 bits per heavy atom. The van der Waals surface area contributed by atoms with Gasteiger partial charge in [-0.3, -0.25) is 4.79 Å². The molecule has 1 fully saturated rings. The van der Waals surface area contributed by atoms with Gasteiger partial charge in [-0.15, -0.1) is 0 Å². The van der Waals surface area contributed by atoms with Crippen LogP contribution in [0.5, 0.6) is 69.0 Å². The lowest BCUT2D eigenvalue weighted by Gasteiger charge is -2.44. The van der Waals surface area contributed by atoms with Gasteiger partial charge in [0.15, 0.2) is 92.7 Å². The Labute approximate surface area is 371 Å². The van der Waals surface area contributed by atoms with Gasteiger partial charge in [0.05, 0.1) is 28.2 Å². The zero-order valence-corrected chi connectivity index (χ0v) is 33.3. The van der Waals surface area contributed by atoms with E-state index in [-0.39, 0.29) is 0 Å². The van der Waals surface area contributed by atoms with Crippen LogP contribution in [-0.4, -0.2) is 144 Å². The van der Waals surface area contributed by atoms with Crippen LogP contribution in [0.1, 0.15) is 47.9 Å². The number of phenols is 12. The minimum Gasteiger partial charge on any atom is -0.508 e. The fourth-order valence-corrected chi connectivity index (χ4v) is 6.35. The summed E-state index contributed by atoms with van der Waals surface area (Å²) in [5.74, 6) is -25.6. The molecule has 1 aliphatic heterocycles. The highest BCUT2D eigenvalue weighted by molar-refractivity contribution is 5.94. The van der Waals surface area contributed by atoms with Crippen LogP contribution >= 0.6 is 0 Å². The number of allylic oxidation sites excluding steroid dienone is 1. The number of ether oxygens (including phenoxy) is 6. The van der Waals surface area contributed by atoms with Crippen LogP contribution in [0.15, 0.2) is 71.9 Å². The van der Waals surface area contributed by atoms with E-state index in [0.717, 1.165) is 0 Å². The fraction of sp³-hybridized carbons (Fsp3) is 0.195. The molecule has 26 nitrogen and oxygen atoms in total. The highest BCUT2D eigenvalue weighted by Crippen LogP contribution is 2.41. The van der Waals surface area contributed by atoms with Crippen LogP contribution < -0.4 is 0 Å². The summed E-state index contributed by atoms with van der Waals surface area (Å²) in [6, 6.07) is 4.55. The maximum Gasteiger partial charge on any atom is 0.340 e. The number of aromatic hydroxyl groups is 12. The molecule has 6 rings (SSSR count). The molecule has 6 atom stereocenters. The zero-order chi connectivity index (χ0) is 49.3. The first-order chi connectivity index (χ1) is 31.4. The standard InChI is InChI=1S/C41H34O26/c42-17-1-12(2-18(43)28(17)52)36(57)62-11-27-33(64-37(58)13-3-19(44)29(53)20(45)4-13)34(65-38(59)14-5-21(46)30(54)22(47)6-14)35(66-39(60)15-7-23(48)31(55)24(49)8-15)41(63-27)67-40(61)16-9-25(50)32(56)26(51)10-16/h1-3,5-10,13,27,33-35,41-56H,4,11H2. The molecular weight excluding hydrogens is 908 g/mol. The molecule has 0 saturated carbocycles. The van der Waals surface area contributed by atoms with Gasteiger partial charge in [0.2, 0.25) is 12.4 Å². The van der Waals surface area contributed by atoms with Crippen molar-refractivity contribution in [1.82, 2.24) is 0 Å². The maximum absolute atomic E-state index is 13.9. The van der Waals surface area contributed by atoms with Gasteiger partial charge in [-0.1, -0.05) is 0 Å². The summed E-state index contributed by atoms with van der Waals surface area (Å²) in [4.78, 5) is 68.6. The van der Waals surface area contributed by atoms with Crippen LogP contribution in [-0.2, 0) is 33.2 Å². The summed E-state index contributed by atoms with van der Waals surface area (Å²) in [5, 5.41) is 151. The average molecular weight is 943 g/mol. The first-order valence-electron chi connectivity index (χ1n) is 18.6. The summed E-state index contributed by atoms with van der Waals surface area (Å²) in [6.07, 6.45) is -12.2. The highest BCUT2D eigenvalue weighted by atomic mass is 16.7. The van der Waals surface area contributed by atoms with Gasteiger partial charge in [0.25, 0.3) is 0 Å². The molecule has 6 unspecified atom stereocenters. The van der Waals surface area contributed by atoms with E-state index in [1.807, 2.05) is 0 Å². The smallest absolute Gasteiger partial charge is 0.340 e. The molecule has 1 aliphatic carbocycles. The van der Waals surface area contributed by atoms with Crippen LogP contribution in [0.3, 0.4) is 0 Å². The van der Waals surface area contributed by atoms with Gasteiger partial charge in [-0.25, -0.2) is 19.2 Å². The second-order valence-corrected chi connectivity index (χ2v) is 14.3. The summed E-state index contributed by atoms with van der Waals surface area (Å²) < 4.78 is 33.4. The Hall–Kier alpha value is -9.33. The Kier molecular flexibility index (Phi) is 13.0. The Bertz CT molecular complexity index is 2660. The Balaban J connectivity index is 1.51. The number of phenolic OH excluding ortho intramolecular Hbond substituents is 12. The molecule has 1 heterocycles. The number of rotatable bonds is 11. The second kappa shape index (κ2) is 18.4. The van der Waals surface area contributed by atoms with Crippen LogP contribution in [0, 0.1) is 5.92 Å². The van der Waals surface area contributed by atoms with Crippen molar-refractivity contribution >= 4 is 29.8 Å². The summed E-state index contributed by atoms with van der Waals surface area (Å²) >= 11 is 0. The summed E-state index contributed by atoms with van der Waals surface area (Å²) in [6.45, 7) is -1.24. The molecule has 0 radical (unpaired) electrons. The van der Waals surface area contributed by atoms with E-state index in [0.29, 0.717) is 54.6 Å². The van der Waals surface area contributed by atoms with Crippen molar-refractivity contribution < 1.29 is 129 Å². The van der Waals surface area contributed by atoms with E-state index in [9.17, 15) is 101 Å². The van der Waals surface area contributed by atoms with E-state index < -0.39 is 188 Å². The van der Waals surface area contributed by atoms with E-state index in [4.69, 9.17) is 28.4 Å². The lowest BCUT2D eigenvalue weighted by molar-refractivity contribution is -0.287. The number of carbonyl (C=O) groups is 5. The van der Waals surface area contributed by atoms with Crippen molar-refractivity contribution in [2.75, 3.05) is 6.61 Å². The topological polar surface area (TPSA) is 444 Å². The Morgan fingerprint density at radius 1 is 0.463 bits per heavy atom. The molecular formula is C41H34O26. The molecule has 4 aromatic carbocycles.